The number of hydrogen-bond acceptors (Lipinski definition) is 5. The maximum absolute atomic E-state index is 13.7. The summed E-state index contributed by atoms with van der Waals surface area (Å²) >= 11 is 0. The normalized spacial score (nSPS) is 14.9. The number of amides is 1. The summed E-state index contributed by atoms with van der Waals surface area (Å²) in [7, 11) is 0. The molecule has 5 rings (SSSR count). The number of nitrogens with zero attached hydrogens (tertiary/aromatic N) is 1. The molecule has 2 heterocycles. The van der Waals surface area contributed by atoms with Crippen LogP contribution in [0.4, 0.5) is 5.69 Å². The minimum absolute atomic E-state index is 0.0801. The number of carbonyl (C=O) groups is 1. The van der Waals surface area contributed by atoms with E-state index in [-0.39, 0.29) is 17.1 Å². The number of hydrogen-bond donors (Lipinski definition) is 0. The van der Waals surface area contributed by atoms with Gasteiger partial charge in [0.2, 0.25) is 5.76 Å². The third-order valence-corrected chi connectivity index (χ3v) is 6.12. The Kier molecular flexibility index (Phi) is 6.03. The lowest BCUT2D eigenvalue weighted by molar-refractivity contribution is 0.0971. The van der Waals surface area contributed by atoms with Crippen molar-refractivity contribution in [2.75, 3.05) is 18.1 Å². The number of fused-ring (bicyclic) bond motifs is 2. The lowest BCUT2D eigenvalue weighted by atomic mass is 9.97. The van der Waals surface area contributed by atoms with E-state index in [0.29, 0.717) is 41.2 Å². The molecule has 35 heavy (non-hydrogen) atoms. The number of anilines is 1. The van der Waals surface area contributed by atoms with Crippen molar-refractivity contribution in [1.82, 2.24) is 0 Å². The Morgan fingerprint density at radius 3 is 2.26 bits per heavy atom. The summed E-state index contributed by atoms with van der Waals surface area (Å²) in [6, 6.07) is 19.6. The molecule has 6 nitrogen and oxygen atoms in total. The molecule has 1 aromatic heterocycles. The molecule has 3 aromatic carbocycles. The standard InChI is InChI=1S/C29H27NO5/c1-4-16-34-22-11-7-19(8-12-22)26-25-27(31)23-17-18(3)6-15-24(23)35-28(25)29(32)30(26)20-9-13-21(14-10-20)33-5-2/h6-15,17,26H,4-5,16H2,1-3H3. The molecule has 178 valence electrons. The highest BCUT2D eigenvalue weighted by Crippen LogP contribution is 2.42. The second-order valence-corrected chi connectivity index (χ2v) is 8.60. The molecule has 0 spiro atoms. The zero-order chi connectivity index (χ0) is 24.5. The van der Waals surface area contributed by atoms with Gasteiger partial charge in [0.15, 0.2) is 5.43 Å². The molecular formula is C29H27NO5. The quantitative estimate of drug-likeness (QED) is 0.330. The lowest BCUT2D eigenvalue weighted by Gasteiger charge is -2.25. The Balaban J connectivity index is 1.68. The van der Waals surface area contributed by atoms with Gasteiger partial charge in [-0.05, 0) is 74.4 Å². The van der Waals surface area contributed by atoms with Gasteiger partial charge in [0.05, 0.1) is 30.2 Å². The fraction of sp³-hybridized carbons (Fsp3) is 0.241. The fourth-order valence-corrected chi connectivity index (χ4v) is 4.50. The minimum atomic E-state index is -0.628. The van der Waals surface area contributed by atoms with E-state index >= 15 is 0 Å². The SMILES string of the molecule is CCCOc1ccc(C2c3c(oc4ccc(C)cc4c3=O)C(=O)N2c2ccc(OCC)cc2)cc1. The molecule has 4 aromatic rings. The molecule has 1 atom stereocenters. The van der Waals surface area contributed by atoms with E-state index in [1.165, 1.54) is 0 Å². The first-order valence-corrected chi connectivity index (χ1v) is 11.9. The summed E-state index contributed by atoms with van der Waals surface area (Å²) in [5, 5.41) is 0.470. The second-order valence-electron chi connectivity index (χ2n) is 8.60. The van der Waals surface area contributed by atoms with Crippen LogP contribution in [0.2, 0.25) is 0 Å². The monoisotopic (exact) mass is 469 g/mol. The number of aryl methyl sites for hydroxylation is 1. The van der Waals surface area contributed by atoms with Crippen molar-refractivity contribution < 1.29 is 18.7 Å². The van der Waals surface area contributed by atoms with E-state index in [0.717, 1.165) is 23.3 Å². The molecule has 1 aliphatic heterocycles. The van der Waals surface area contributed by atoms with Gasteiger partial charge in [-0.2, -0.15) is 0 Å². The summed E-state index contributed by atoms with van der Waals surface area (Å²) in [4.78, 5) is 29.1. The summed E-state index contributed by atoms with van der Waals surface area (Å²) < 4.78 is 17.4. The van der Waals surface area contributed by atoms with Crippen molar-refractivity contribution in [3.05, 3.63) is 99.4 Å². The van der Waals surface area contributed by atoms with Crippen LogP contribution in [0.15, 0.2) is 75.9 Å². The van der Waals surface area contributed by atoms with Crippen molar-refractivity contribution in [3.63, 3.8) is 0 Å². The van der Waals surface area contributed by atoms with Crippen molar-refractivity contribution in [1.29, 1.82) is 0 Å². The molecule has 0 fully saturated rings. The van der Waals surface area contributed by atoms with Crippen molar-refractivity contribution in [2.45, 2.75) is 33.2 Å². The van der Waals surface area contributed by atoms with Crippen LogP contribution in [0.25, 0.3) is 11.0 Å². The zero-order valence-electron chi connectivity index (χ0n) is 20.0. The third kappa shape index (κ3) is 4.05. The smallest absolute Gasteiger partial charge is 0.295 e. The minimum Gasteiger partial charge on any atom is -0.494 e. The highest BCUT2D eigenvalue weighted by Gasteiger charge is 2.43. The Hall–Kier alpha value is -4.06. The summed E-state index contributed by atoms with van der Waals surface area (Å²) in [5.74, 6) is 1.19. The van der Waals surface area contributed by atoms with Crippen LogP contribution in [0.5, 0.6) is 11.5 Å². The highest BCUT2D eigenvalue weighted by atomic mass is 16.5. The van der Waals surface area contributed by atoms with Crippen LogP contribution in [-0.2, 0) is 0 Å². The Labute approximate surface area is 203 Å². The van der Waals surface area contributed by atoms with E-state index < -0.39 is 6.04 Å². The van der Waals surface area contributed by atoms with Gasteiger partial charge in [-0.3, -0.25) is 14.5 Å². The van der Waals surface area contributed by atoms with Gasteiger partial charge in [-0.25, -0.2) is 0 Å². The largest absolute Gasteiger partial charge is 0.494 e. The number of carbonyl (C=O) groups excluding carboxylic acids is 1. The molecule has 1 unspecified atom stereocenters. The van der Waals surface area contributed by atoms with Gasteiger partial charge >= 0.3 is 0 Å². The molecule has 6 heteroatoms. The van der Waals surface area contributed by atoms with Crippen LogP contribution in [-0.4, -0.2) is 19.1 Å². The summed E-state index contributed by atoms with van der Waals surface area (Å²) in [6.45, 7) is 7.07. The predicted molar refractivity (Wildman–Crippen MR) is 136 cm³/mol. The molecule has 0 saturated heterocycles. The van der Waals surface area contributed by atoms with Gasteiger partial charge in [0, 0.05) is 5.69 Å². The molecule has 0 radical (unpaired) electrons. The molecule has 0 N–H and O–H groups in total. The highest BCUT2D eigenvalue weighted by molar-refractivity contribution is 6.10. The molecule has 0 bridgehead atoms. The average molecular weight is 470 g/mol. The molecule has 1 amide bonds. The fourth-order valence-electron chi connectivity index (χ4n) is 4.50. The third-order valence-electron chi connectivity index (χ3n) is 6.12. The number of benzene rings is 3. The van der Waals surface area contributed by atoms with Crippen LogP contribution >= 0.6 is 0 Å². The zero-order valence-corrected chi connectivity index (χ0v) is 20.0. The Morgan fingerprint density at radius 1 is 0.886 bits per heavy atom. The molecule has 0 saturated carbocycles. The number of rotatable bonds is 7. The van der Waals surface area contributed by atoms with Crippen LogP contribution in [0, 0.1) is 6.92 Å². The second kappa shape index (κ2) is 9.29. The van der Waals surface area contributed by atoms with Crippen molar-refractivity contribution in [2.24, 2.45) is 0 Å². The maximum atomic E-state index is 13.7. The van der Waals surface area contributed by atoms with Crippen LogP contribution < -0.4 is 19.8 Å². The first-order valence-electron chi connectivity index (χ1n) is 11.9. The van der Waals surface area contributed by atoms with E-state index in [4.69, 9.17) is 13.9 Å². The van der Waals surface area contributed by atoms with Crippen molar-refractivity contribution in [3.8, 4) is 11.5 Å². The van der Waals surface area contributed by atoms with Gasteiger partial charge < -0.3 is 13.9 Å². The van der Waals surface area contributed by atoms with Gasteiger partial charge in [-0.15, -0.1) is 0 Å². The summed E-state index contributed by atoms with van der Waals surface area (Å²) in [5.41, 5.74) is 2.97. The first kappa shape index (κ1) is 22.7. The van der Waals surface area contributed by atoms with E-state index in [2.05, 4.69) is 6.92 Å². The van der Waals surface area contributed by atoms with Gasteiger partial charge in [-0.1, -0.05) is 30.7 Å². The molecule has 1 aliphatic rings. The van der Waals surface area contributed by atoms with Crippen LogP contribution in [0.1, 0.15) is 53.6 Å². The number of ether oxygens (including phenoxy) is 2. The maximum Gasteiger partial charge on any atom is 0.295 e. The average Bonchev–Trinajstić information content (AvgIpc) is 3.16. The summed E-state index contributed by atoms with van der Waals surface area (Å²) in [6.07, 6.45) is 0.908. The molecule has 0 aliphatic carbocycles. The molecular weight excluding hydrogens is 442 g/mol. The first-order chi connectivity index (χ1) is 17.0. The Bertz CT molecular complexity index is 1440. The topological polar surface area (TPSA) is 69.0 Å². The Morgan fingerprint density at radius 2 is 1.57 bits per heavy atom. The van der Waals surface area contributed by atoms with E-state index in [9.17, 15) is 9.59 Å². The lowest BCUT2D eigenvalue weighted by Crippen LogP contribution is -2.29. The van der Waals surface area contributed by atoms with Gasteiger partial charge in [0.25, 0.3) is 5.91 Å². The van der Waals surface area contributed by atoms with Crippen molar-refractivity contribution >= 4 is 22.6 Å². The van der Waals surface area contributed by atoms with Crippen LogP contribution in [0.3, 0.4) is 0 Å². The van der Waals surface area contributed by atoms with E-state index in [1.807, 2.05) is 74.5 Å². The van der Waals surface area contributed by atoms with E-state index in [1.54, 1.807) is 11.0 Å². The predicted octanol–water partition coefficient (Wildman–Crippen LogP) is 6.04. The van der Waals surface area contributed by atoms with Gasteiger partial charge in [0.1, 0.15) is 17.1 Å².